The Morgan fingerprint density at radius 2 is 1.81 bits per heavy atom. The molecule has 0 aliphatic heterocycles. The van der Waals surface area contributed by atoms with Crippen LogP contribution < -0.4 is 19.5 Å². The molecule has 26 heavy (non-hydrogen) atoms. The van der Waals surface area contributed by atoms with E-state index in [2.05, 4.69) is 5.32 Å². The monoisotopic (exact) mass is 375 g/mol. The fourth-order valence-corrected chi connectivity index (χ4v) is 2.64. The van der Waals surface area contributed by atoms with Gasteiger partial charge in [0.2, 0.25) is 5.91 Å². The highest BCUT2D eigenvalue weighted by atomic mass is 35.5. The van der Waals surface area contributed by atoms with Gasteiger partial charge in [-0.2, -0.15) is 0 Å². The van der Waals surface area contributed by atoms with Crippen LogP contribution in [0.2, 0.25) is 5.02 Å². The molecule has 0 radical (unpaired) electrons. The van der Waals surface area contributed by atoms with Gasteiger partial charge in [-0.25, -0.2) is 0 Å². The van der Waals surface area contributed by atoms with Crippen molar-refractivity contribution in [3.05, 3.63) is 53.1 Å². The number of amides is 1. The van der Waals surface area contributed by atoms with Crippen LogP contribution in [0, 0.1) is 0 Å². The van der Waals surface area contributed by atoms with Crippen LogP contribution in [0.25, 0.3) is 6.08 Å². The predicted molar refractivity (Wildman–Crippen MR) is 104 cm³/mol. The number of ether oxygens (including phenoxy) is 3. The van der Waals surface area contributed by atoms with E-state index in [1.54, 1.807) is 30.3 Å². The number of rotatable bonds is 8. The third kappa shape index (κ3) is 5.17. The summed E-state index contributed by atoms with van der Waals surface area (Å²) in [4.78, 5) is 12.2. The van der Waals surface area contributed by atoms with Crippen LogP contribution in [-0.2, 0) is 4.79 Å². The molecule has 0 unspecified atom stereocenters. The first-order chi connectivity index (χ1) is 12.6. The van der Waals surface area contributed by atoms with Crippen molar-refractivity contribution in [2.75, 3.05) is 25.6 Å². The van der Waals surface area contributed by atoms with Crippen molar-refractivity contribution in [2.45, 2.75) is 13.8 Å². The molecule has 0 fully saturated rings. The third-order valence-corrected chi connectivity index (χ3v) is 3.69. The highest BCUT2D eigenvalue weighted by Crippen LogP contribution is 2.36. The minimum atomic E-state index is -0.276. The fraction of sp³-hybridized carbons (Fsp3) is 0.250. The summed E-state index contributed by atoms with van der Waals surface area (Å²) in [5.74, 6) is 1.36. The SMILES string of the molecule is CCOc1ccccc1NC(=O)/C=C/c1cc(Cl)c(OC)c(OCC)c1. The molecule has 2 rings (SSSR count). The topological polar surface area (TPSA) is 56.8 Å². The Morgan fingerprint density at radius 3 is 2.50 bits per heavy atom. The number of carbonyl (C=O) groups excluding carboxylic acids is 1. The summed E-state index contributed by atoms with van der Waals surface area (Å²) in [6.45, 7) is 4.77. The number of hydrogen-bond acceptors (Lipinski definition) is 4. The van der Waals surface area contributed by atoms with Gasteiger partial charge in [-0.15, -0.1) is 0 Å². The van der Waals surface area contributed by atoms with E-state index in [1.165, 1.54) is 13.2 Å². The molecule has 2 aromatic carbocycles. The molecule has 0 atom stereocenters. The summed E-state index contributed by atoms with van der Waals surface area (Å²) in [5.41, 5.74) is 1.35. The molecule has 0 heterocycles. The lowest BCUT2D eigenvalue weighted by Gasteiger charge is -2.12. The number of anilines is 1. The largest absolute Gasteiger partial charge is 0.492 e. The molecule has 0 aromatic heterocycles. The molecule has 5 nitrogen and oxygen atoms in total. The van der Waals surface area contributed by atoms with Gasteiger partial charge in [0, 0.05) is 6.08 Å². The fourth-order valence-electron chi connectivity index (χ4n) is 2.34. The highest BCUT2D eigenvalue weighted by molar-refractivity contribution is 6.32. The lowest BCUT2D eigenvalue weighted by molar-refractivity contribution is -0.111. The van der Waals surface area contributed by atoms with Crippen LogP contribution in [0.3, 0.4) is 0 Å². The van der Waals surface area contributed by atoms with E-state index in [0.717, 1.165) is 5.56 Å². The first-order valence-corrected chi connectivity index (χ1v) is 8.68. The van der Waals surface area contributed by atoms with Gasteiger partial charge in [0.15, 0.2) is 11.5 Å². The van der Waals surface area contributed by atoms with E-state index in [0.29, 0.717) is 41.2 Å². The maximum Gasteiger partial charge on any atom is 0.248 e. The zero-order valence-corrected chi connectivity index (χ0v) is 15.8. The van der Waals surface area contributed by atoms with E-state index in [4.69, 9.17) is 25.8 Å². The second kappa shape index (κ2) is 9.73. The van der Waals surface area contributed by atoms with Crippen molar-refractivity contribution >= 4 is 29.3 Å². The van der Waals surface area contributed by atoms with Crippen molar-refractivity contribution in [2.24, 2.45) is 0 Å². The number of carbonyl (C=O) groups is 1. The summed E-state index contributed by atoms with van der Waals surface area (Å²) < 4.78 is 16.3. The Bertz CT molecular complexity index is 789. The van der Waals surface area contributed by atoms with E-state index < -0.39 is 0 Å². The van der Waals surface area contributed by atoms with Gasteiger partial charge in [0.1, 0.15) is 5.75 Å². The van der Waals surface area contributed by atoms with Gasteiger partial charge in [0.25, 0.3) is 0 Å². The molecule has 0 bridgehead atoms. The second-order valence-corrected chi connectivity index (χ2v) is 5.63. The van der Waals surface area contributed by atoms with Crippen molar-refractivity contribution in [3.8, 4) is 17.2 Å². The van der Waals surface area contributed by atoms with Gasteiger partial charge in [-0.05, 0) is 49.8 Å². The van der Waals surface area contributed by atoms with Crippen LogP contribution in [0.5, 0.6) is 17.2 Å². The van der Waals surface area contributed by atoms with Crippen LogP contribution in [0.15, 0.2) is 42.5 Å². The molecular weight excluding hydrogens is 354 g/mol. The first kappa shape index (κ1) is 19.7. The van der Waals surface area contributed by atoms with E-state index >= 15 is 0 Å². The summed E-state index contributed by atoms with van der Waals surface area (Å²) >= 11 is 6.22. The quantitative estimate of drug-likeness (QED) is 0.673. The standard InChI is InChI=1S/C20H22ClNO4/c1-4-25-17-9-7-6-8-16(17)22-19(23)11-10-14-12-15(21)20(24-3)18(13-14)26-5-2/h6-13H,4-5H2,1-3H3,(H,22,23)/b11-10+. The lowest BCUT2D eigenvalue weighted by Crippen LogP contribution is -2.09. The van der Waals surface area contributed by atoms with Gasteiger partial charge in [-0.3, -0.25) is 4.79 Å². The van der Waals surface area contributed by atoms with Gasteiger partial charge >= 0.3 is 0 Å². The Labute approximate surface area is 158 Å². The lowest BCUT2D eigenvalue weighted by atomic mass is 10.2. The maximum absolute atomic E-state index is 12.2. The minimum absolute atomic E-state index is 0.276. The molecule has 0 saturated carbocycles. The molecule has 1 N–H and O–H groups in total. The molecule has 6 heteroatoms. The Kier molecular flexibility index (Phi) is 7.36. The second-order valence-electron chi connectivity index (χ2n) is 5.22. The summed E-state index contributed by atoms with van der Waals surface area (Å²) in [6.07, 6.45) is 3.09. The Morgan fingerprint density at radius 1 is 1.12 bits per heavy atom. The third-order valence-electron chi connectivity index (χ3n) is 3.41. The minimum Gasteiger partial charge on any atom is -0.492 e. The molecule has 0 spiro atoms. The van der Waals surface area contributed by atoms with Gasteiger partial charge in [0.05, 0.1) is 31.0 Å². The summed E-state index contributed by atoms with van der Waals surface area (Å²) in [6, 6.07) is 10.8. The van der Waals surface area contributed by atoms with E-state index in [1.807, 2.05) is 26.0 Å². The molecule has 1 amide bonds. The summed E-state index contributed by atoms with van der Waals surface area (Å²) in [5, 5.41) is 3.22. The van der Waals surface area contributed by atoms with Gasteiger partial charge < -0.3 is 19.5 Å². The average Bonchev–Trinajstić information content (AvgIpc) is 2.62. The first-order valence-electron chi connectivity index (χ1n) is 8.30. The van der Waals surface area contributed by atoms with Crippen molar-refractivity contribution in [3.63, 3.8) is 0 Å². The summed E-state index contributed by atoms with van der Waals surface area (Å²) in [7, 11) is 1.53. The molecular formula is C20H22ClNO4. The molecule has 0 aliphatic carbocycles. The predicted octanol–water partition coefficient (Wildman–Crippen LogP) is 4.80. The molecule has 2 aromatic rings. The van der Waals surface area contributed by atoms with Crippen molar-refractivity contribution in [1.82, 2.24) is 0 Å². The van der Waals surface area contributed by atoms with Crippen LogP contribution in [-0.4, -0.2) is 26.2 Å². The van der Waals surface area contributed by atoms with E-state index in [9.17, 15) is 4.79 Å². The Hall–Kier alpha value is -2.66. The van der Waals surface area contributed by atoms with Crippen LogP contribution in [0.4, 0.5) is 5.69 Å². The number of nitrogens with one attached hydrogen (secondary N) is 1. The highest BCUT2D eigenvalue weighted by Gasteiger charge is 2.11. The molecule has 0 saturated heterocycles. The number of hydrogen-bond donors (Lipinski definition) is 1. The maximum atomic E-state index is 12.2. The average molecular weight is 376 g/mol. The zero-order chi connectivity index (χ0) is 18.9. The number of methoxy groups -OCH3 is 1. The van der Waals surface area contributed by atoms with Crippen LogP contribution in [0.1, 0.15) is 19.4 Å². The smallest absolute Gasteiger partial charge is 0.248 e. The number of para-hydroxylation sites is 2. The Balaban J connectivity index is 2.15. The molecule has 138 valence electrons. The number of benzene rings is 2. The van der Waals surface area contributed by atoms with Gasteiger partial charge in [-0.1, -0.05) is 23.7 Å². The van der Waals surface area contributed by atoms with Crippen molar-refractivity contribution in [1.29, 1.82) is 0 Å². The van der Waals surface area contributed by atoms with Crippen molar-refractivity contribution < 1.29 is 19.0 Å². The normalized spacial score (nSPS) is 10.6. The zero-order valence-electron chi connectivity index (χ0n) is 15.0. The van der Waals surface area contributed by atoms with Crippen LogP contribution >= 0.6 is 11.6 Å². The van der Waals surface area contributed by atoms with E-state index in [-0.39, 0.29) is 5.91 Å². The molecule has 0 aliphatic rings. The number of halogens is 1.